The molecule has 0 saturated carbocycles. The lowest BCUT2D eigenvalue weighted by atomic mass is 10.1. The molecule has 0 amide bonds. The van der Waals surface area contributed by atoms with E-state index >= 15 is 0 Å². The molecular weight excluding hydrogens is 264 g/mol. The van der Waals surface area contributed by atoms with Crippen molar-refractivity contribution in [2.75, 3.05) is 6.54 Å². The maximum Gasteiger partial charge on any atom is 0.338 e. The van der Waals surface area contributed by atoms with Crippen LogP contribution in [0.4, 0.5) is 5.69 Å². The van der Waals surface area contributed by atoms with Crippen molar-refractivity contribution in [3.8, 4) is 0 Å². The summed E-state index contributed by atoms with van der Waals surface area (Å²) in [6.07, 6.45) is 0.0974. The van der Waals surface area contributed by atoms with Gasteiger partial charge in [-0.05, 0) is 19.1 Å². The molecule has 106 valence electrons. The molecule has 0 radical (unpaired) electrons. The van der Waals surface area contributed by atoms with Gasteiger partial charge in [0.05, 0.1) is 16.5 Å². The second-order valence-electron chi connectivity index (χ2n) is 4.64. The van der Waals surface area contributed by atoms with Crippen LogP contribution in [0.15, 0.2) is 24.3 Å². The molecule has 1 aromatic rings. The van der Waals surface area contributed by atoms with Crippen molar-refractivity contribution in [3.63, 3.8) is 0 Å². The van der Waals surface area contributed by atoms with Crippen LogP contribution in [-0.2, 0) is 9.53 Å². The Morgan fingerprint density at radius 1 is 1.35 bits per heavy atom. The minimum atomic E-state index is -0.545. The van der Waals surface area contributed by atoms with E-state index in [1.165, 1.54) is 31.2 Å². The van der Waals surface area contributed by atoms with E-state index < -0.39 is 10.9 Å². The summed E-state index contributed by atoms with van der Waals surface area (Å²) in [5.74, 6) is -0.533. The van der Waals surface area contributed by atoms with Crippen molar-refractivity contribution >= 4 is 17.4 Å². The summed E-state index contributed by atoms with van der Waals surface area (Å²) in [7, 11) is 0. The van der Waals surface area contributed by atoms with Gasteiger partial charge >= 0.3 is 5.97 Å². The van der Waals surface area contributed by atoms with Crippen LogP contribution < -0.4 is 5.32 Å². The van der Waals surface area contributed by atoms with Gasteiger partial charge in [-0.1, -0.05) is 0 Å². The number of rotatable bonds is 4. The molecule has 1 aliphatic heterocycles. The number of benzene rings is 1. The van der Waals surface area contributed by atoms with Gasteiger partial charge in [0.25, 0.3) is 5.69 Å². The first-order valence-corrected chi connectivity index (χ1v) is 6.16. The standard InChI is InChI=1S/C13H14N2O5/c1-8(16)12-6-11(7-14-12)20-13(17)9-2-4-10(5-3-9)15(18)19/h2-5,11-12,14H,6-7H2,1H3. The predicted octanol–water partition coefficient (Wildman–Crippen LogP) is 1.07. The quantitative estimate of drug-likeness (QED) is 0.502. The minimum Gasteiger partial charge on any atom is -0.457 e. The van der Waals surface area contributed by atoms with Gasteiger partial charge in [-0.25, -0.2) is 4.79 Å². The maximum absolute atomic E-state index is 11.9. The first-order valence-electron chi connectivity index (χ1n) is 6.16. The molecule has 2 atom stereocenters. The number of hydrogen-bond acceptors (Lipinski definition) is 6. The summed E-state index contributed by atoms with van der Waals surface area (Å²) < 4.78 is 5.25. The highest BCUT2D eigenvalue weighted by Gasteiger charge is 2.29. The van der Waals surface area contributed by atoms with Crippen molar-refractivity contribution in [1.82, 2.24) is 5.32 Å². The van der Waals surface area contributed by atoms with Gasteiger partial charge in [-0.3, -0.25) is 14.9 Å². The average Bonchev–Trinajstić information content (AvgIpc) is 2.87. The number of nitrogens with zero attached hydrogens (tertiary/aromatic N) is 1. The van der Waals surface area contributed by atoms with E-state index in [-0.39, 0.29) is 29.2 Å². The Kier molecular flexibility index (Phi) is 4.09. The van der Waals surface area contributed by atoms with E-state index in [1.54, 1.807) is 0 Å². The van der Waals surface area contributed by atoms with Gasteiger partial charge in [-0.15, -0.1) is 0 Å². The summed E-state index contributed by atoms with van der Waals surface area (Å²) in [5, 5.41) is 13.5. The molecule has 1 aromatic carbocycles. The Hall–Kier alpha value is -2.28. The third kappa shape index (κ3) is 3.18. The molecule has 1 saturated heterocycles. The Morgan fingerprint density at radius 2 is 2.00 bits per heavy atom. The topological polar surface area (TPSA) is 98.5 Å². The zero-order valence-electron chi connectivity index (χ0n) is 10.9. The fourth-order valence-corrected chi connectivity index (χ4v) is 2.04. The Morgan fingerprint density at radius 3 is 2.50 bits per heavy atom. The van der Waals surface area contributed by atoms with Gasteiger partial charge in [0.2, 0.25) is 0 Å². The zero-order valence-corrected chi connectivity index (χ0v) is 10.9. The van der Waals surface area contributed by atoms with Gasteiger partial charge < -0.3 is 10.1 Å². The summed E-state index contributed by atoms with van der Waals surface area (Å²) in [6, 6.07) is 4.94. The van der Waals surface area contributed by atoms with Crippen molar-refractivity contribution in [1.29, 1.82) is 0 Å². The molecule has 1 aliphatic rings. The molecule has 7 heteroatoms. The lowest BCUT2D eigenvalue weighted by molar-refractivity contribution is -0.384. The van der Waals surface area contributed by atoms with E-state index in [4.69, 9.17) is 4.74 Å². The number of esters is 1. The summed E-state index contributed by atoms with van der Waals surface area (Å²) >= 11 is 0. The molecule has 2 rings (SSSR count). The monoisotopic (exact) mass is 278 g/mol. The Labute approximate surface area is 115 Å². The lowest BCUT2D eigenvalue weighted by Crippen LogP contribution is -2.28. The average molecular weight is 278 g/mol. The molecule has 0 aliphatic carbocycles. The lowest BCUT2D eigenvalue weighted by Gasteiger charge is -2.10. The molecule has 1 heterocycles. The first kappa shape index (κ1) is 14.1. The summed E-state index contributed by atoms with van der Waals surface area (Å²) in [6.45, 7) is 1.92. The van der Waals surface area contributed by atoms with Crippen LogP contribution >= 0.6 is 0 Å². The maximum atomic E-state index is 11.9. The number of ketones is 1. The minimum absolute atomic E-state index is 0.0129. The number of carbonyl (C=O) groups excluding carboxylic acids is 2. The number of non-ortho nitro benzene ring substituents is 1. The number of nitrogens with one attached hydrogen (secondary N) is 1. The molecule has 0 spiro atoms. The van der Waals surface area contributed by atoms with E-state index in [9.17, 15) is 19.7 Å². The third-order valence-corrected chi connectivity index (χ3v) is 3.17. The normalized spacial score (nSPS) is 21.4. The SMILES string of the molecule is CC(=O)C1CC(OC(=O)c2ccc([N+](=O)[O-])cc2)CN1. The number of nitro benzene ring substituents is 1. The Bertz CT molecular complexity index is 540. The third-order valence-electron chi connectivity index (χ3n) is 3.17. The smallest absolute Gasteiger partial charge is 0.338 e. The van der Waals surface area contributed by atoms with Crippen LogP contribution in [0.2, 0.25) is 0 Å². The highest BCUT2D eigenvalue weighted by molar-refractivity contribution is 5.90. The second kappa shape index (κ2) is 5.79. The summed E-state index contributed by atoms with van der Waals surface area (Å²) in [5.41, 5.74) is 0.169. The van der Waals surface area contributed by atoms with Crippen molar-refractivity contribution in [2.24, 2.45) is 0 Å². The number of ether oxygens (including phenoxy) is 1. The summed E-state index contributed by atoms with van der Waals surface area (Å²) in [4.78, 5) is 33.0. The second-order valence-corrected chi connectivity index (χ2v) is 4.64. The number of nitro groups is 1. The van der Waals surface area contributed by atoms with Crippen LogP contribution in [0, 0.1) is 10.1 Å². The van der Waals surface area contributed by atoms with Crippen molar-refractivity contribution in [3.05, 3.63) is 39.9 Å². The predicted molar refractivity (Wildman–Crippen MR) is 69.4 cm³/mol. The number of Topliss-reactive ketones (excluding diaryl/α,β-unsaturated/α-hetero) is 1. The molecule has 1 fully saturated rings. The van der Waals surface area contributed by atoms with E-state index in [2.05, 4.69) is 5.32 Å². The van der Waals surface area contributed by atoms with Crippen molar-refractivity contribution in [2.45, 2.75) is 25.5 Å². The molecule has 0 bridgehead atoms. The largest absolute Gasteiger partial charge is 0.457 e. The van der Waals surface area contributed by atoms with Crippen molar-refractivity contribution < 1.29 is 19.2 Å². The zero-order chi connectivity index (χ0) is 14.7. The molecule has 2 unspecified atom stereocenters. The van der Waals surface area contributed by atoms with Crippen LogP contribution in [0.3, 0.4) is 0 Å². The first-order chi connectivity index (χ1) is 9.47. The molecular formula is C13H14N2O5. The van der Waals surface area contributed by atoms with Gasteiger partial charge in [-0.2, -0.15) is 0 Å². The van der Waals surface area contributed by atoms with Crippen LogP contribution in [0.25, 0.3) is 0 Å². The molecule has 7 nitrogen and oxygen atoms in total. The van der Waals surface area contributed by atoms with Gasteiger partial charge in [0.1, 0.15) is 11.9 Å². The fourth-order valence-electron chi connectivity index (χ4n) is 2.04. The van der Waals surface area contributed by atoms with Crippen LogP contribution in [0.1, 0.15) is 23.7 Å². The number of carbonyl (C=O) groups is 2. The van der Waals surface area contributed by atoms with E-state index in [0.717, 1.165) is 0 Å². The Balaban J connectivity index is 1.95. The van der Waals surface area contributed by atoms with Gasteiger partial charge in [0, 0.05) is 25.1 Å². The molecule has 1 N–H and O–H groups in total. The number of hydrogen-bond donors (Lipinski definition) is 1. The highest BCUT2D eigenvalue weighted by Crippen LogP contribution is 2.16. The highest BCUT2D eigenvalue weighted by atomic mass is 16.6. The van der Waals surface area contributed by atoms with Gasteiger partial charge in [0.15, 0.2) is 0 Å². The molecule has 20 heavy (non-hydrogen) atoms. The fraction of sp³-hybridized carbons (Fsp3) is 0.385. The molecule has 0 aromatic heterocycles. The van der Waals surface area contributed by atoms with E-state index in [0.29, 0.717) is 13.0 Å². The van der Waals surface area contributed by atoms with Crippen LogP contribution in [-0.4, -0.2) is 35.4 Å². The van der Waals surface area contributed by atoms with Crippen LogP contribution in [0.5, 0.6) is 0 Å². The van der Waals surface area contributed by atoms with E-state index in [1.807, 2.05) is 0 Å².